The van der Waals surface area contributed by atoms with Gasteiger partial charge in [0.05, 0.1) is 0 Å². The monoisotopic (exact) mass is 316 g/mol. The minimum atomic E-state index is -2.22. The molecule has 0 spiro atoms. The zero-order valence-electron chi connectivity index (χ0n) is 13.2. The summed E-state index contributed by atoms with van der Waals surface area (Å²) in [4.78, 5) is 0. The maximum Gasteiger partial charge on any atom is 0.390 e. The van der Waals surface area contributed by atoms with Gasteiger partial charge in [-0.25, -0.2) is 0 Å². The van der Waals surface area contributed by atoms with Crippen LogP contribution in [0.3, 0.4) is 0 Å². The first-order chi connectivity index (χ1) is 9.49. The van der Waals surface area contributed by atoms with Crippen molar-refractivity contribution in [3.63, 3.8) is 0 Å². The molecule has 0 saturated heterocycles. The molecule has 0 aromatic carbocycles. The lowest BCUT2D eigenvalue weighted by Gasteiger charge is -2.22. The second kappa shape index (κ2) is 12.0. The van der Waals surface area contributed by atoms with E-state index < -0.39 is 17.1 Å². The van der Waals surface area contributed by atoms with Gasteiger partial charge in [-0.3, -0.25) is 0 Å². The van der Waals surface area contributed by atoms with Crippen LogP contribution in [-0.4, -0.2) is 44.6 Å². The van der Waals surface area contributed by atoms with Crippen LogP contribution < -0.4 is 0 Å². The van der Waals surface area contributed by atoms with Gasteiger partial charge in [-0.1, -0.05) is 0 Å². The van der Waals surface area contributed by atoms with Crippen molar-refractivity contribution < 1.29 is 17.7 Å². The number of rotatable bonds is 10. The predicted octanol–water partition coefficient (Wildman–Crippen LogP) is 3.12. The molecule has 0 aliphatic rings. The molecule has 4 nitrogen and oxygen atoms in total. The van der Waals surface area contributed by atoms with E-state index >= 15 is 0 Å². The lowest BCUT2D eigenvalue weighted by molar-refractivity contribution is 0.206. The van der Waals surface area contributed by atoms with Crippen LogP contribution in [0.1, 0.15) is 13.8 Å². The van der Waals surface area contributed by atoms with Gasteiger partial charge in [0.15, 0.2) is 0 Å². The van der Waals surface area contributed by atoms with Gasteiger partial charge < -0.3 is 17.7 Å². The van der Waals surface area contributed by atoms with Crippen LogP contribution in [0.25, 0.3) is 0 Å². The molecule has 0 aliphatic heterocycles. The van der Waals surface area contributed by atoms with Crippen LogP contribution in [0.15, 0.2) is 49.1 Å². The SMILES string of the molecule is C=C[Si](C=C)(OC)OC.C=C[Si](C=C)(OCC)OCC. The summed E-state index contributed by atoms with van der Waals surface area (Å²) >= 11 is 0. The highest BCUT2D eigenvalue weighted by Gasteiger charge is 2.29. The van der Waals surface area contributed by atoms with Gasteiger partial charge in [-0.2, -0.15) is 0 Å². The molecular formula is C14H28O4Si2. The van der Waals surface area contributed by atoms with Gasteiger partial charge in [0, 0.05) is 27.4 Å². The first-order valence-corrected chi connectivity index (χ1v) is 10.4. The summed E-state index contributed by atoms with van der Waals surface area (Å²) in [5.41, 5.74) is 6.85. The molecule has 6 heteroatoms. The van der Waals surface area contributed by atoms with Crippen LogP contribution in [0, 0.1) is 0 Å². The van der Waals surface area contributed by atoms with Crippen molar-refractivity contribution in [2.45, 2.75) is 13.8 Å². The smallest absolute Gasteiger partial charge is 0.390 e. The molecular weight excluding hydrogens is 288 g/mol. The molecule has 0 heterocycles. The van der Waals surface area contributed by atoms with E-state index in [9.17, 15) is 0 Å². The molecule has 0 saturated carbocycles. The minimum absolute atomic E-state index is 0.643. The molecule has 0 aromatic rings. The molecule has 0 N–H and O–H groups in total. The zero-order valence-corrected chi connectivity index (χ0v) is 15.2. The van der Waals surface area contributed by atoms with Crippen LogP contribution in [0.4, 0.5) is 0 Å². The normalized spacial score (nSPS) is 11.0. The maximum absolute atomic E-state index is 5.45. The van der Waals surface area contributed by atoms with Crippen LogP contribution in [-0.2, 0) is 17.7 Å². The molecule has 0 aromatic heterocycles. The first-order valence-electron chi connectivity index (χ1n) is 6.41. The molecule has 0 amide bonds. The van der Waals surface area contributed by atoms with E-state index in [-0.39, 0.29) is 0 Å². The molecule has 0 bridgehead atoms. The van der Waals surface area contributed by atoms with Crippen molar-refractivity contribution in [3.05, 3.63) is 49.1 Å². The zero-order chi connectivity index (χ0) is 16.1. The fraction of sp³-hybridized carbons (Fsp3) is 0.429. The fourth-order valence-electron chi connectivity index (χ4n) is 1.31. The quantitative estimate of drug-likeness (QED) is 0.580. The Kier molecular flexibility index (Phi) is 12.9. The highest BCUT2D eigenvalue weighted by atomic mass is 28.4. The van der Waals surface area contributed by atoms with Gasteiger partial charge in [0.1, 0.15) is 0 Å². The van der Waals surface area contributed by atoms with E-state index in [1.807, 2.05) is 13.8 Å². The molecule has 20 heavy (non-hydrogen) atoms. The largest absolute Gasteiger partial charge is 0.392 e. The Hall–Kier alpha value is -0.766. The highest BCUT2D eigenvalue weighted by Crippen LogP contribution is 2.09. The van der Waals surface area contributed by atoms with E-state index in [0.717, 1.165) is 0 Å². The second-order valence-corrected chi connectivity index (χ2v) is 9.45. The number of hydrogen-bond donors (Lipinski definition) is 0. The lowest BCUT2D eigenvalue weighted by Crippen LogP contribution is -2.38. The molecule has 0 radical (unpaired) electrons. The van der Waals surface area contributed by atoms with Crippen LogP contribution >= 0.6 is 0 Å². The molecule has 116 valence electrons. The lowest BCUT2D eigenvalue weighted by atomic mass is 10.9. The average Bonchev–Trinajstić information content (AvgIpc) is 2.50. The Labute approximate surface area is 125 Å². The summed E-state index contributed by atoms with van der Waals surface area (Å²) in [7, 11) is -1.19. The van der Waals surface area contributed by atoms with Crippen molar-refractivity contribution in [1.29, 1.82) is 0 Å². The standard InChI is InChI=1S/C8H16O2Si.C6H12O2Si/c1-5-9-11(7-3,8-4)10-6-2;1-5-9(6-2,7-3)8-4/h7-8H,3-6H2,1-2H3;5-6H,1-2H2,3-4H3. The van der Waals surface area contributed by atoms with Crippen LogP contribution in [0.5, 0.6) is 0 Å². The van der Waals surface area contributed by atoms with E-state index in [2.05, 4.69) is 26.3 Å². The van der Waals surface area contributed by atoms with Crippen molar-refractivity contribution in [2.24, 2.45) is 0 Å². The Bertz CT molecular complexity index is 276. The van der Waals surface area contributed by atoms with E-state index in [1.54, 1.807) is 37.0 Å². The molecule has 0 fully saturated rings. The second-order valence-electron chi connectivity index (χ2n) is 3.53. The molecule has 0 atom stereocenters. The van der Waals surface area contributed by atoms with Gasteiger partial charge in [-0.05, 0) is 36.6 Å². The molecule has 0 rings (SSSR count). The van der Waals surface area contributed by atoms with E-state index in [1.165, 1.54) is 0 Å². The summed E-state index contributed by atoms with van der Waals surface area (Å²) in [6.45, 7) is 19.7. The van der Waals surface area contributed by atoms with E-state index in [0.29, 0.717) is 13.2 Å². The third-order valence-corrected chi connectivity index (χ3v) is 7.55. The fourth-order valence-corrected chi connectivity index (χ4v) is 3.94. The van der Waals surface area contributed by atoms with Crippen molar-refractivity contribution in [2.75, 3.05) is 27.4 Å². The molecule has 0 unspecified atom stereocenters. The van der Waals surface area contributed by atoms with Gasteiger partial charge in [0.25, 0.3) is 0 Å². The Balaban J connectivity index is 0. The Morgan fingerprint density at radius 2 is 1.00 bits per heavy atom. The summed E-state index contributed by atoms with van der Waals surface area (Å²) in [6, 6.07) is 0. The van der Waals surface area contributed by atoms with Crippen molar-refractivity contribution in [3.8, 4) is 0 Å². The first kappa shape index (κ1) is 21.5. The van der Waals surface area contributed by atoms with Crippen molar-refractivity contribution in [1.82, 2.24) is 0 Å². The minimum Gasteiger partial charge on any atom is -0.392 e. The Morgan fingerprint density at radius 1 is 0.700 bits per heavy atom. The predicted molar refractivity (Wildman–Crippen MR) is 89.6 cm³/mol. The van der Waals surface area contributed by atoms with E-state index in [4.69, 9.17) is 17.7 Å². The third kappa shape index (κ3) is 7.13. The van der Waals surface area contributed by atoms with Gasteiger partial charge in [0.2, 0.25) is 0 Å². The maximum atomic E-state index is 5.45. The van der Waals surface area contributed by atoms with Crippen LogP contribution in [0.2, 0.25) is 0 Å². The third-order valence-electron chi connectivity index (χ3n) is 2.52. The number of hydrogen-bond acceptors (Lipinski definition) is 4. The summed E-state index contributed by atoms with van der Waals surface area (Å²) in [5, 5.41) is 0. The average molecular weight is 317 g/mol. The van der Waals surface area contributed by atoms with Gasteiger partial charge >= 0.3 is 17.1 Å². The molecule has 0 aliphatic carbocycles. The Morgan fingerprint density at radius 3 is 1.10 bits per heavy atom. The highest BCUT2D eigenvalue weighted by molar-refractivity contribution is 6.77. The van der Waals surface area contributed by atoms with Crippen molar-refractivity contribution >= 4 is 17.1 Å². The topological polar surface area (TPSA) is 36.9 Å². The summed E-state index contributed by atoms with van der Waals surface area (Å²) < 4.78 is 21.0. The van der Waals surface area contributed by atoms with Gasteiger partial charge in [-0.15, -0.1) is 26.3 Å². The summed E-state index contributed by atoms with van der Waals surface area (Å²) in [6.07, 6.45) is 0. The summed E-state index contributed by atoms with van der Waals surface area (Å²) in [5.74, 6) is 0.